The van der Waals surface area contributed by atoms with Crippen LogP contribution >= 0.6 is 0 Å². The summed E-state index contributed by atoms with van der Waals surface area (Å²) in [7, 11) is 0. The van der Waals surface area contributed by atoms with E-state index in [1.807, 2.05) is 44.2 Å². The Morgan fingerprint density at radius 2 is 1.62 bits per heavy atom. The third kappa shape index (κ3) is 7.04. The van der Waals surface area contributed by atoms with Crippen molar-refractivity contribution in [3.8, 4) is 11.5 Å². The number of ketones is 1. The molecule has 0 saturated carbocycles. The van der Waals surface area contributed by atoms with E-state index in [1.54, 1.807) is 17.0 Å². The molecule has 0 aromatic heterocycles. The summed E-state index contributed by atoms with van der Waals surface area (Å²) < 4.78 is 17.0. The largest absolute Gasteiger partial charge is 0.507 e. The summed E-state index contributed by atoms with van der Waals surface area (Å²) in [5.41, 5.74) is 2.16. The average molecular weight is 551 g/mol. The lowest BCUT2D eigenvalue weighted by Gasteiger charge is -2.29. The number of amides is 1. The molecule has 2 aromatic carbocycles. The number of ether oxygens (including phenoxy) is 3. The maximum Gasteiger partial charge on any atom is 0.295 e. The molecule has 4 rings (SSSR count). The highest BCUT2D eigenvalue weighted by atomic mass is 16.5. The molecule has 1 amide bonds. The lowest BCUT2D eigenvalue weighted by atomic mass is 9.93. The molecule has 0 spiro atoms. The van der Waals surface area contributed by atoms with Gasteiger partial charge in [-0.2, -0.15) is 0 Å². The van der Waals surface area contributed by atoms with Gasteiger partial charge in [-0.25, -0.2) is 0 Å². The third-order valence-corrected chi connectivity index (χ3v) is 7.41. The van der Waals surface area contributed by atoms with Crippen LogP contribution in [0.5, 0.6) is 11.5 Å². The summed E-state index contributed by atoms with van der Waals surface area (Å²) in [5.74, 6) is 0.0254. The van der Waals surface area contributed by atoms with Crippen LogP contribution in [0.2, 0.25) is 0 Å². The second-order valence-electron chi connectivity index (χ2n) is 10.4. The molecule has 40 heavy (non-hydrogen) atoms. The summed E-state index contributed by atoms with van der Waals surface area (Å²) in [5, 5.41) is 11.5. The normalized spacial score (nSPS) is 19.3. The number of morpholine rings is 1. The third-order valence-electron chi connectivity index (χ3n) is 7.41. The summed E-state index contributed by atoms with van der Waals surface area (Å²) in [6.45, 7) is 11.6. The molecule has 1 N–H and O–H groups in total. The van der Waals surface area contributed by atoms with Gasteiger partial charge in [0.2, 0.25) is 0 Å². The molecule has 0 bridgehead atoms. The highest BCUT2D eigenvalue weighted by molar-refractivity contribution is 6.46. The van der Waals surface area contributed by atoms with Gasteiger partial charge in [0, 0.05) is 31.7 Å². The first-order valence-electron chi connectivity index (χ1n) is 14.5. The molecule has 216 valence electrons. The fraction of sp³-hybridized carbons (Fsp3) is 0.500. The van der Waals surface area contributed by atoms with Crippen molar-refractivity contribution in [2.75, 3.05) is 52.6 Å². The van der Waals surface area contributed by atoms with Crippen molar-refractivity contribution >= 4 is 17.4 Å². The van der Waals surface area contributed by atoms with Gasteiger partial charge in [0.15, 0.2) is 0 Å². The molecule has 0 radical (unpaired) electrons. The van der Waals surface area contributed by atoms with E-state index in [9.17, 15) is 14.7 Å². The van der Waals surface area contributed by atoms with Crippen LogP contribution in [0.3, 0.4) is 0 Å². The predicted molar refractivity (Wildman–Crippen MR) is 155 cm³/mol. The van der Waals surface area contributed by atoms with Crippen LogP contribution in [-0.4, -0.2) is 79.2 Å². The zero-order valence-electron chi connectivity index (χ0n) is 24.0. The van der Waals surface area contributed by atoms with Gasteiger partial charge in [-0.05, 0) is 67.6 Å². The van der Waals surface area contributed by atoms with Crippen molar-refractivity contribution in [1.82, 2.24) is 9.80 Å². The molecule has 2 heterocycles. The Balaban J connectivity index is 1.65. The zero-order chi connectivity index (χ0) is 28.5. The van der Waals surface area contributed by atoms with Gasteiger partial charge < -0.3 is 24.2 Å². The number of unbranched alkanes of at least 4 members (excludes halogenated alkanes) is 1. The van der Waals surface area contributed by atoms with Gasteiger partial charge in [-0.3, -0.25) is 14.5 Å². The second-order valence-corrected chi connectivity index (χ2v) is 10.4. The minimum Gasteiger partial charge on any atom is -0.507 e. The smallest absolute Gasteiger partial charge is 0.295 e. The summed E-state index contributed by atoms with van der Waals surface area (Å²) in [6.07, 6.45) is 3.60. The molecule has 1 atom stereocenters. The van der Waals surface area contributed by atoms with Crippen LogP contribution in [0, 0.1) is 6.92 Å². The number of aryl methyl sites for hydroxylation is 1. The van der Waals surface area contributed by atoms with Crippen molar-refractivity contribution in [2.45, 2.75) is 52.5 Å². The number of benzene rings is 2. The SMILES string of the molecule is CCCCOc1ccc(/C(O)=C2\C(=O)C(=O)N(CCCN3CCOCC3)C2c2ccc(OCCC)cc2)c(C)c1. The fourth-order valence-corrected chi connectivity index (χ4v) is 5.18. The van der Waals surface area contributed by atoms with Gasteiger partial charge >= 0.3 is 0 Å². The van der Waals surface area contributed by atoms with Crippen LogP contribution < -0.4 is 9.47 Å². The van der Waals surface area contributed by atoms with Gasteiger partial charge in [0.1, 0.15) is 17.3 Å². The number of Topliss-reactive ketones (excluding diaryl/α,β-unsaturated/α-hetero) is 1. The molecule has 2 saturated heterocycles. The Morgan fingerprint density at radius 3 is 2.30 bits per heavy atom. The number of aliphatic hydroxyl groups is 1. The lowest BCUT2D eigenvalue weighted by Crippen LogP contribution is -2.38. The predicted octanol–water partition coefficient (Wildman–Crippen LogP) is 5.11. The molecule has 0 aliphatic carbocycles. The first kappa shape index (κ1) is 29.6. The second kappa shape index (κ2) is 14.3. The monoisotopic (exact) mass is 550 g/mol. The minimum absolute atomic E-state index is 0.112. The van der Waals surface area contributed by atoms with Crippen molar-refractivity contribution in [2.24, 2.45) is 0 Å². The van der Waals surface area contributed by atoms with Crippen LogP contribution in [0.15, 0.2) is 48.0 Å². The molecule has 8 heteroatoms. The average Bonchev–Trinajstić information content (AvgIpc) is 3.22. The molecule has 1 unspecified atom stereocenters. The van der Waals surface area contributed by atoms with Gasteiger partial charge in [0.05, 0.1) is 38.0 Å². The number of aliphatic hydroxyl groups excluding tert-OH is 1. The molecule has 2 aliphatic rings. The lowest BCUT2D eigenvalue weighted by molar-refractivity contribution is -0.140. The van der Waals surface area contributed by atoms with Gasteiger partial charge in [0.25, 0.3) is 11.7 Å². The maximum atomic E-state index is 13.5. The van der Waals surface area contributed by atoms with E-state index in [4.69, 9.17) is 14.2 Å². The van der Waals surface area contributed by atoms with E-state index < -0.39 is 17.7 Å². The topological polar surface area (TPSA) is 88.5 Å². The van der Waals surface area contributed by atoms with E-state index in [0.29, 0.717) is 50.7 Å². The number of hydrogen-bond donors (Lipinski definition) is 1. The number of hydrogen-bond acceptors (Lipinski definition) is 7. The van der Waals surface area contributed by atoms with E-state index in [0.717, 1.165) is 55.8 Å². The van der Waals surface area contributed by atoms with Crippen LogP contribution in [0.1, 0.15) is 62.3 Å². The molecular weight excluding hydrogens is 508 g/mol. The first-order valence-corrected chi connectivity index (χ1v) is 14.5. The Kier molecular flexibility index (Phi) is 10.6. The summed E-state index contributed by atoms with van der Waals surface area (Å²) in [6, 6.07) is 12.2. The van der Waals surface area contributed by atoms with Crippen molar-refractivity contribution in [3.63, 3.8) is 0 Å². The quantitative estimate of drug-likeness (QED) is 0.161. The van der Waals surface area contributed by atoms with Crippen molar-refractivity contribution in [3.05, 3.63) is 64.7 Å². The Morgan fingerprint density at radius 1 is 0.925 bits per heavy atom. The molecular formula is C32H42N2O6. The van der Waals surface area contributed by atoms with E-state index in [2.05, 4.69) is 11.8 Å². The standard InChI is InChI=1S/C32H42N2O6/c1-4-6-19-40-26-12-13-27(23(3)22-26)30(35)28-29(24-8-10-25(11-9-24)39-18-5-2)34(32(37)31(28)36)15-7-14-33-16-20-38-21-17-33/h8-13,22,29,35H,4-7,14-21H2,1-3H3/b30-28+. The van der Waals surface area contributed by atoms with E-state index in [-0.39, 0.29) is 11.3 Å². The Bertz CT molecular complexity index is 1190. The number of rotatable bonds is 13. The highest BCUT2D eigenvalue weighted by Crippen LogP contribution is 2.40. The zero-order valence-corrected chi connectivity index (χ0v) is 24.0. The Hall–Kier alpha value is -3.36. The van der Waals surface area contributed by atoms with Crippen LogP contribution in [0.25, 0.3) is 5.76 Å². The Labute approximate surface area is 237 Å². The van der Waals surface area contributed by atoms with Crippen LogP contribution in [-0.2, 0) is 14.3 Å². The van der Waals surface area contributed by atoms with E-state index in [1.165, 1.54) is 0 Å². The number of carbonyl (C=O) groups excluding carboxylic acids is 2. The summed E-state index contributed by atoms with van der Waals surface area (Å²) in [4.78, 5) is 30.7. The van der Waals surface area contributed by atoms with Gasteiger partial charge in [-0.15, -0.1) is 0 Å². The number of likely N-dealkylation sites (tertiary alicyclic amines) is 1. The fourth-order valence-electron chi connectivity index (χ4n) is 5.18. The van der Waals surface area contributed by atoms with Crippen molar-refractivity contribution < 1.29 is 28.9 Å². The minimum atomic E-state index is -0.690. The maximum absolute atomic E-state index is 13.5. The van der Waals surface area contributed by atoms with Crippen molar-refractivity contribution in [1.29, 1.82) is 0 Å². The summed E-state index contributed by atoms with van der Waals surface area (Å²) >= 11 is 0. The molecule has 2 aromatic rings. The first-order chi connectivity index (χ1) is 19.4. The molecule has 2 fully saturated rings. The van der Waals surface area contributed by atoms with Gasteiger partial charge in [-0.1, -0.05) is 32.4 Å². The molecule has 8 nitrogen and oxygen atoms in total. The van der Waals surface area contributed by atoms with E-state index >= 15 is 0 Å². The number of carbonyl (C=O) groups is 2. The molecule has 2 aliphatic heterocycles. The van der Waals surface area contributed by atoms with Crippen LogP contribution in [0.4, 0.5) is 0 Å². The highest BCUT2D eigenvalue weighted by Gasteiger charge is 2.46. The number of nitrogens with zero attached hydrogens (tertiary/aromatic N) is 2.